The lowest BCUT2D eigenvalue weighted by Gasteiger charge is -2.36. The molecule has 1 fully saturated rings. The molecule has 1 unspecified atom stereocenters. The Labute approximate surface area is 123 Å². The lowest BCUT2D eigenvalue weighted by Crippen LogP contribution is -2.51. The highest BCUT2D eigenvalue weighted by Gasteiger charge is 2.26. The molecule has 0 spiro atoms. The van der Waals surface area contributed by atoms with Crippen LogP contribution in [0.4, 0.5) is 0 Å². The van der Waals surface area contributed by atoms with Crippen LogP contribution < -0.4 is 0 Å². The first-order valence-corrected chi connectivity index (χ1v) is 7.09. The van der Waals surface area contributed by atoms with Crippen LogP contribution in [0.25, 0.3) is 0 Å². The zero-order valence-corrected chi connectivity index (χ0v) is 12.2. The number of rotatable bonds is 3. The van der Waals surface area contributed by atoms with Gasteiger partial charge in [-0.25, -0.2) is 4.98 Å². The van der Waals surface area contributed by atoms with Crippen LogP contribution in [-0.4, -0.2) is 52.9 Å². The van der Waals surface area contributed by atoms with Gasteiger partial charge in [0.25, 0.3) is 5.91 Å². The minimum absolute atomic E-state index is 0.0588. The van der Waals surface area contributed by atoms with E-state index in [-0.39, 0.29) is 11.9 Å². The van der Waals surface area contributed by atoms with E-state index in [9.17, 15) is 4.79 Å². The molecular formula is C14H17ClN4O. The van der Waals surface area contributed by atoms with Crippen LogP contribution in [0.3, 0.4) is 0 Å². The molecule has 0 aliphatic carbocycles. The fourth-order valence-corrected chi connectivity index (χ4v) is 2.52. The Morgan fingerprint density at radius 3 is 2.70 bits per heavy atom. The SMILES string of the molecule is CCC(C#N)N1CCN(C(=O)c2cccc(Cl)n2)CC1. The monoisotopic (exact) mass is 292 g/mol. The molecule has 1 amide bonds. The fourth-order valence-electron chi connectivity index (χ4n) is 2.36. The highest BCUT2D eigenvalue weighted by atomic mass is 35.5. The zero-order valence-electron chi connectivity index (χ0n) is 11.4. The van der Waals surface area contributed by atoms with Gasteiger partial charge in [-0.05, 0) is 18.6 Å². The first-order valence-electron chi connectivity index (χ1n) is 6.71. The Morgan fingerprint density at radius 1 is 1.45 bits per heavy atom. The van der Waals surface area contributed by atoms with E-state index in [0.717, 1.165) is 19.5 Å². The van der Waals surface area contributed by atoms with Crippen LogP contribution in [0.1, 0.15) is 23.8 Å². The Bertz CT molecular complexity index is 520. The number of piperazine rings is 1. The Morgan fingerprint density at radius 2 is 2.15 bits per heavy atom. The highest BCUT2D eigenvalue weighted by molar-refractivity contribution is 6.29. The second-order valence-corrected chi connectivity index (χ2v) is 5.11. The number of carbonyl (C=O) groups is 1. The predicted molar refractivity (Wildman–Crippen MR) is 76.4 cm³/mol. The van der Waals surface area contributed by atoms with Crippen molar-refractivity contribution in [2.45, 2.75) is 19.4 Å². The van der Waals surface area contributed by atoms with Gasteiger partial charge in [-0.3, -0.25) is 9.69 Å². The van der Waals surface area contributed by atoms with Crippen molar-refractivity contribution in [1.29, 1.82) is 5.26 Å². The zero-order chi connectivity index (χ0) is 14.5. The van der Waals surface area contributed by atoms with E-state index < -0.39 is 0 Å². The lowest BCUT2D eigenvalue weighted by atomic mass is 10.1. The summed E-state index contributed by atoms with van der Waals surface area (Å²) in [5, 5.41) is 9.39. The molecule has 1 saturated heterocycles. The molecule has 1 aliphatic rings. The van der Waals surface area contributed by atoms with Crippen molar-refractivity contribution in [3.8, 4) is 6.07 Å². The van der Waals surface area contributed by atoms with Gasteiger partial charge in [-0.1, -0.05) is 24.6 Å². The van der Waals surface area contributed by atoms with Crippen molar-refractivity contribution in [2.24, 2.45) is 0 Å². The molecule has 1 aromatic heterocycles. The molecule has 1 atom stereocenters. The van der Waals surface area contributed by atoms with Crippen LogP contribution in [0.5, 0.6) is 0 Å². The van der Waals surface area contributed by atoms with E-state index in [1.807, 2.05) is 6.92 Å². The van der Waals surface area contributed by atoms with Crippen LogP contribution in [0.2, 0.25) is 5.15 Å². The maximum Gasteiger partial charge on any atom is 0.272 e. The second-order valence-electron chi connectivity index (χ2n) is 4.73. The average molecular weight is 293 g/mol. The van der Waals surface area contributed by atoms with Gasteiger partial charge < -0.3 is 4.90 Å². The molecule has 0 N–H and O–H groups in total. The number of nitriles is 1. The normalized spacial score (nSPS) is 17.6. The van der Waals surface area contributed by atoms with Gasteiger partial charge >= 0.3 is 0 Å². The van der Waals surface area contributed by atoms with Gasteiger partial charge in [0.2, 0.25) is 0 Å². The molecule has 0 saturated carbocycles. The number of pyridine rings is 1. The third-order valence-corrected chi connectivity index (χ3v) is 3.72. The molecule has 1 aromatic rings. The molecule has 0 bridgehead atoms. The summed E-state index contributed by atoms with van der Waals surface area (Å²) in [6.45, 7) is 4.68. The van der Waals surface area contributed by atoms with Gasteiger partial charge in [-0.15, -0.1) is 0 Å². The van der Waals surface area contributed by atoms with Gasteiger partial charge in [0.15, 0.2) is 0 Å². The summed E-state index contributed by atoms with van der Waals surface area (Å²) >= 11 is 5.80. The first kappa shape index (κ1) is 14.8. The molecule has 106 valence electrons. The molecule has 2 rings (SSSR count). The number of nitrogens with zero attached hydrogens (tertiary/aromatic N) is 4. The predicted octanol–water partition coefficient (Wildman–Crippen LogP) is 1.79. The average Bonchev–Trinajstić information content (AvgIpc) is 2.48. The summed E-state index contributed by atoms with van der Waals surface area (Å²) in [7, 11) is 0. The van der Waals surface area contributed by atoms with E-state index >= 15 is 0 Å². The molecule has 0 radical (unpaired) electrons. The van der Waals surface area contributed by atoms with E-state index in [1.54, 1.807) is 23.1 Å². The van der Waals surface area contributed by atoms with E-state index in [0.29, 0.717) is 23.9 Å². The summed E-state index contributed by atoms with van der Waals surface area (Å²) < 4.78 is 0. The molecule has 1 aliphatic heterocycles. The first-order chi connectivity index (χ1) is 9.65. The van der Waals surface area contributed by atoms with Gasteiger partial charge in [0, 0.05) is 26.2 Å². The molecule has 5 nitrogen and oxygen atoms in total. The second kappa shape index (κ2) is 6.69. The quantitative estimate of drug-likeness (QED) is 0.797. The highest BCUT2D eigenvalue weighted by Crippen LogP contribution is 2.12. The Hall–Kier alpha value is -1.64. The maximum atomic E-state index is 12.3. The summed E-state index contributed by atoms with van der Waals surface area (Å²) in [4.78, 5) is 20.2. The van der Waals surface area contributed by atoms with E-state index in [2.05, 4.69) is 16.0 Å². The number of halogens is 1. The van der Waals surface area contributed by atoms with Crippen molar-refractivity contribution in [3.05, 3.63) is 29.0 Å². The molecule has 6 heteroatoms. The van der Waals surface area contributed by atoms with Crippen molar-refractivity contribution in [2.75, 3.05) is 26.2 Å². The molecule has 2 heterocycles. The minimum Gasteiger partial charge on any atom is -0.335 e. The van der Waals surface area contributed by atoms with Crippen molar-refractivity contribution >= 4 is 17.5 Å². The summed E-state index contributed by atoms with van der Waals surface area (Å²) in [5.74, 6) is -0.0999. The largest absolute Gasteiger partial charge is 0.335 e. The third-order valence-electron chi connectivity index (χ3n) is 3.51. The van der Waals surface area contributed by atoms with Crippen LogP contribution >= 0.6 is 11.6 Å². The molecule has 0 aromatic carbocycles. The third kappa shape index (κ3) is 3.27. The summed E-state index contributed by atoms with van der Waals surface area (Å²) in [6, 6.07) is 7.28. The standard InChI is InChI=1S/C14H17ClN4O/c1-2-11(10-16)18-6-8-19(9-7-18)14(20)12-4-3-5-13(15)17-12/h3-5,11H,2,6-9H2,1H3. The smallest absolute Gasteiger partial charge is 0.272 e. The van der Waals surface area contributed by atoms with Crippen molar-refractivity contribution in [1.82, 2.24) is 14.8 Å². The van der Waals surface area contributed by atoms with Crippen molar-refractivity contribution < 1.29 is 4.79 Å². The fraction of sp³-hybridized carbons (Fsp3) is 0.500. The minimum atomic E-state index is -0.0999. The number of aromatic nitrogens is 1. The maximum absolute atomic E-state index is 12.3. The van der Waals surface area contributed by atoms with Gasteiger partial charge in [-0.2, -0.15) is 5.26 Å². The number of hydrogen-bond donors (Lipinski definition) is 0. The molecule has 20 heavy (non-hydrogen) atoms. The molecular weight excluding hydrogens is 276 g/mol. The van der Waals surface area contributed by atoms with Gasteiger partial charge in [0.1, 0.15) is 10.8 Å². The lowest BCUT2D eigenvalue weighted by molar-refractivity contribution is 0.0599. The van der Waals surface area contributed by atoms with Crippen LogP contribution in [-0.2, 0) is 0 Å². The van der Waals surface area contributed by atoms with Gasteiger partial charge in [0.05, 0.1) is 12.1 Å². The van der Waals surface area contributed by atoms with E-state index in [4.69, 9.17) is 16.9 Å². The van der Waals surface area contributed by atoms with Crippen LogP contribution in [0.15, 0.2) is 18.2 Å². The number of carbonyl (C=O) groups excluding carboxylic acids is 1. The Balaban J connectivity index is 1.97. The summed E-state index contributed by atoms with van der Waals surface area (Å²) in [6.07, 6.45) is 0.806. The number of hydrogen-bond acceptors (Lipinski definition) is 4. The Kier molecular flexibility index (Phi) is 4.94. The summed E-state index contributed by atoms with van der Waals surface area (Å²) in [5.41, 5.74) is 0.373. The van der Waals surface area contributed by atoms with E-state index in [1.165, 1.54) is 0 Å². The topological polar surface area (TPSA) is 60.2 Å². The number of amides is 1. The van der Waals surface area contributed by atoms with Crippen molar-refractivity contribution in [3.63, 3.8) is 0 Å². The van der Waals surface area contributed by atoms with Crippen LogP contribution in [0, 0.1) is 11.3 Å².